The summed E-state index contributed by atoms with van der Waals surface area (Å²) in [4.78, 5) is 1.15. The molecule has 0 aliphatic carbocycles. The molecule has 0 aliphatic heterocycles. The van der Waals surface area contributed by atoms with Gasteiger partial charge in [-0.05, 0) is 27.3 Å². The number of rotatable bonds is 6. The fraction of sp³-hybridized carbons (Fsp3) is 1.00. The average Bonchev–Trinajstić information content (AvgIpc) is 2.10. The van der Waals surface area contributed by atoms with E-state index in [-0.39, 0.29) is 19.7 Å². The lowest BCUT2D eigenvalue weighted by molar-refractivity contribution is -0.150. The van der Waals surface area contributed by atoms with Crippen LogP contribution in [0.15, 0.2) is 0 Å². The molecular formula is C11H22F3NO2. The van der Waals surface area contributed by atoms with E-state index in [2.05, 4.69) is 0 Å². The average molecular weight is 257 g/mol. The summed E-state index contributed by atoms with van der Waals surface area (Å²) in [7, 11) is 0. The van der Waals surface area contributed by atoms with E-state index in [1.165, 1.54) is 0 Å². The molecule has 1 atom stereocenters. The first kappa shape index (κ1) is 16.7. The Balaban J connectivity index is 4.03. The van der Waals surface area contributed by atoms with Crippen LogP contribution < -0.4 is 0 Å². The molecule has 0 amide bonds. The Morgan fingerprint density at radius 3 is 2.12 bits per heavy atom. The Morgan fingerprint density at radius 1 is 1.24 bits per heavy atom. The summed E-state index contributed by atoms with van der Waals surface area (Å²) in [6.45, 7) is 6.35. The van der Waals surface area contributed by atoms with Crippen molar-refractivity contribution in [3.05, 3.63) is 0 Å². The third-order valence-corrected chi connectivity index (χ3v) is 2.03. The number of alkyl halides is 3. The normalized spacial score (nSPS) is 15.4. The molecule has 0 aromatic heterocycles. The molecule has 104 valence electrons. The van der Waals surface area contributed by atoms with Crippen LogP contribution in [0.2, 0.25) is 0 Å². The van der Waals surface area contributed by atoms with Gasteiger partial charge in [0.15, 0.2) is 0 Å². The van der Waals surface area contributed by atoms with Gasteiger partial charge >= 0.3 is 6.18 Å². The zero-order chi connectivity index (χ0) is 13.7. The van der Waals surface area contributed by atoms with Crippen molar-refractivity contribution in [3.8, 4) is 0 Å². The van der Waals surface area contributed by atoms with Crippen molar-refractivity contribution in [2.45, 2.75) is 45.6 Å². The van der Waals surface area contributed by atoms with Crippen molar-refractivity contribution >= 4 is 0 Å². The molecule has 0 spiro atoms. The lowest BCUT2D eigenvalue weighted by atomic mass is 10.2. The van der Waals surface area contributed by atoms with E-state index in [1.54, 1.807) is 6.92 Å². The topological polar surface area (TPSA) is 32.7 Å². The van der Waals surface area contributed by atoms with Gasteiger partial charge < -0.3 is 9.84 Å². The second-order valence-electron chi connectivity index (χ2n) is 5.02. The summed E-state index contributed by atoms with van der Waals surface area (Å²) < 4.78 is 41.8. The number of hydrogen-bond acceptors (Lipinski definition) is 3. The second kappa shape index (κ2) is 6.56. The van der Waals surface area contributed by atoms with Gasteiger partial charge in [-0.15, -0.1) is 0 Å². The molecule has 1 N–H and O–H groups in total. The first-order valence-corrected chi connectivity index (χ1v) is 5.64. The van der Waals surface area contributed by atoms with Crippen LogP contribution in [0.4, 0.5) is 13.2 Å². The minimum absolute atomic E-state index is 0.0356. The number of aliphatic hydroxyl groups excluding tert-OH is 1. The van der Waals surface area contributed by atoms with E-state index in [0.717, 1.165) is 4.90 Å². The van der Waals surface area contributed by atoms with Gasteiger partial charge in [0.25, 0.3) is 0 Å². The number of ether oxygens (including phenoxy) is 1. The van der Waals surface area contributed by atoms with E-state index >= 15 is 0 Å². The van der Waals surface area contributed by atoms with Crippen LogP contribution >= 0.6 is 0 Å². The van der Waals surface area contributed by atoms with Gasteiger partial charge in [0, 0.05) is 6.54 Å². The zero-order valence-corrected chi connectivity index (χ0v) is 10.8. The highest BCUT2D eigenvalue weighted by Crippen LogP contribution is 2.16. The quantitative estimate of drug-likeness (QED) is 0.790. The van der Waals surface area contributed by atoms with Gasteiger partial charge in [-0.1, -0.05) is 6.92 Å². The van der Waals surface area contributed by atoms with Gasteiger partial charge in [0.05, 0.1) is 24.9 Å². The van der Waals surface area contributed by atoms with E-state index < -0.39 is 24.4 Å². The highest BCUT2D eigenvalue weighted by Gasteiger charge is 2.30. The van der Waals surface area contributed by atoms with Crippen LogP contribution in [0.5, 0.6) is 0 Å². The molecular weight excluding hydrogens is 235 g/mol. The van der Waals surface area contributed by atoms with Crippen molar-refractivity contribution in [1.82, 2.24) is 4.90 Å². The van der Waals surface area contributed by atoms with Crippen molar-refractivity contribution in [1.29, 1.82) is 0 Å². The van der Waals surface area contributed by atoms with E-state index in [0.29, 0.717) is 0 Å². The third-order valence-electron chi connectivity index (χ3n) is 2.03. The number of nitrogens with zero attached hydrogens (tertiary/aromatic N) is 1. The number of halogens is 3. The lowest BCUT2D eigenvalue weighted by Crippen LogP contribution is -2.41. The Bertz CT molecular complexity index is 214. The fourth-order valence-electron chi connectivity index (χ4n) is 1.26. The van der Waals surface area contributed by atoms with Gasteiger partial charge in [0.1, 0.15) is 0 Å². The highest BCUT2D eigenvalue weighted by atomic mass is 19.4. The van der Waals surface area contributed by atoms with Crippen LogP contribution in [-0.2, 0) is 4.74 Å². The van der Waals surface area contributed by atoms with Gasteiger partial charge in [0.2, 0.25) is 0 Å². The van der Waals surface area contributed by atoms with Crippen molar-refractivity contribution in [3.63, 3.8) is 0 Å². The molecule has 0 aliphatic rings. The van der Waals surface area contributed by atoms with Crippen LogP contribution in [0.25, 0.3) is 0 Å². The summed E-state index contributed by atoms with van der Waals surface area (Å²) in [5.41, 5.74) is -0.401. The van der Waals surface area contributed by atoms with E-state index in [1.807, 2.05) is 20.8 Å². The molecule has 1 unspecified atom stereocenters. The molecule has 0 saturated heterocycles. The zero-order valence-electron chi connectivity index (χ0n) is 10.8. The summed E-state index contributed by atoms with van der Waals surface area (Å²) in [5.74, 6) is 0. The monoisotopic (exact) mass is 257 g/mol. The molecule has 0 saturated carbocycles. The van der Waals surface area contributed by atoms with Crippen LogP contribution in [-0.4, -0.2) is 54.1 Å². The lowest BCUT2D eigenvalue weighted by Gasteiger charge is -2.27. The number of aliphatic hydroxyl groups is 1. The Hall–Kier alpha value is -0.330. The Morgan fingerprint density at radius 2 is 1.76 bits per heavy atom. The molecule has 3 nitrogen and oxygen atoms in total. The third kappa shape index (κ3) is 10.5. The summed E-state index contributed by atoms with van der Waals surface area (Å²) in [6, 6.07) is 0. The first-order chi connectivity index (χ1) is 7.53. The molecule has 0 rings (SSSR count). The summed E-state index contributed by atoms with van der Waals surface area (Å²) >= 11 is 0. The predicted octanol–water partition coefficient (Wildman–Crippen LogP) is 2.05. The van der Waals surface area contributed by atoms with Crippen molar-refractivity contribution in [2.24, 2.45) is 0 Å². The molecule has 0 aromatic carbocycles. The smallest absolute Gasteiger partial charge is 0.389 e. The predicted molar refractivity (Wildman–Crippen MR) is 59.9 cm³/mol. The van der Waals surface area contributed by atoms with Crippen LogP contribution in [0, 0.1) is 0 Å². The minimum Gasteiger partial charge on any atom is -0.389 e. The maximum atomic E-state index is 12.2. The maximum Gasteiger partial charge on any atom is 0.401 e. The Labute approximate surface area is 101 Å². The van der Waals surface area contributed by atoms with Gasteiger partial charge in [-0.25, -0.2) is 0 Å². The summed E-state index contributed by atoms with van der Waals surface area (Å²) in [5, 5.41) is 9.58. The number of hydrogen-bond donors (Lipinski definition) is 1. The largest absolute Gasteiger partial charge is 0.401 e. The second-order valence-corrected chi connectivity index (χ2v) is 5.02. The molecule has 0 heterocycles. The van der Waals surface area contributed by atoms with Crippen LogP contribution in [0.3, 0.4) is 0 Å². The fourth-order valence-corrected chi connectivity index (χ4v) is 1.26. The minimum atomic E-state index is -4.24. The van der Waals surface area contributed by atoms with E-state index in [4.69, 9.17) is 4.74 Å². The van der Waals surface area contributed by atoms with Crippen LogP contribution in [0.1, 0.15) is 27.7 Å². The summed E-state index contributed by atoms with van der Waals surface area (Å²) in [6.07, 6.45) is -5.14. The van der Waals surface area contributed by atoms with Crippen molar-refractivity contribution < 1.29 is 23.0 Å². The Kier molecular flexibility index (Phi) is 6.43. The molecule has 17 heavy (non-hydrogen) atoms. The molecule has 0 radical (unpaired) electrons. The van der Waals surface area contributed by atoms with Gasteiger partial charge in [-0.3, -0.25) is 4.90 Å². The highest BCUT2D eigenvalue weighted by molar-refractivity contribution is 4.68. The standard InChI is InChI=1S/C11H22F3NO2/c1-5-15(8-11(12,13)14)6-9(16)7-17-10(2,3)4/h9,16H,5-8H2,1-4H3. The molecule has 0 bridgehead atoms. The molecule has 0 fully saturated rings. The maximum absolute atomic E-state index is 12.2. The van der Waals surface area contributed by atoms with E-state index in [9.17, 15) is 18.3 Å². The van der Waals surface area contributed by atoms with Crippen molar-refractivity contribution in [2.75, 3.05) is 26.2 Å². The molecule has 0 aromatic rings. The SMILES string of the molecule is CCN(CC(O)COC(C)(C)C)CC(F)(F)F. The molecule has 6 heteroatoms. The van der Waals surface area contributed by atoms with Gasteiger partial charge in [-0.2, -0.15) is 13.2 Å². The number of likely N-dealkylation sites (N-methyl/N-ethyl adjacent to an activating group) is 1. The first-order valence-electron chi connectivity index (χ1n) is 5.64.